The number of rotatable bonds is 5. The quantitative estimate of drug-likeness (QED) is 0.850. The third-order valence-corrected chi connectivity index (χ3v) is 3.55. The summed E-state index contributed by atoms with van der Waals surface area (Å²) in [6.45, 7) is 2.49. The number of fused-ring (bicyclic) bond motifs is 1. The van der Waals surface area contributed by atoms with E-state index in [1.807, 2.05) is 25.1 Å². The zero-order chi connectivity index (χ0) is 14.5. The van der Waals surface area contributed by atoms with Gasteiger partial charge in [-0.3, -0.25) is 4.79 Å². The van der Waals surface area contributed by atoms with Crippen LogP contribution < -0.4 is 10.5 Å². The first-order valence-electron chi connectivity index (χ1n) is 6.03. The molecular weight excluding hydrogens is 274 g/mol. The second kappa shape index (κ2) is 6.26. The van der Waals surface area contributed by atoms with Gasteiger partial charge in [0, 0.05) is 5.39 Å². The molecule has 2 rings (SSSR count). The summed E-state index contributed by atoms with van der Waals surface area (Å²) in [6, 6.07) is 9.33. The molecule has 5 nitrogen and oxygen atoms in total. The van der Waals surface area contributed by atoms with E-state index >= 15 is 0 Å². The highest BCUT2D eigenvalue weighted by Gasteiger charge is 2.09. The molecule has 0 radical (unpaired) electrons. The van der Waals surface area contributed by atoms with Gasteiger partial charge in [0.05, 0.1) is 23.4 Å². The Morgan fingerprint density at radius 1 is 1.50 bits per heavy atom. The number of hydrogen-bond acceptors (Lipinski definition) is 5. The molecule has 2 aromatic rings. The van der Waals surface area contributed by atoms with Crippen LogP contribution in [-0.4, -0.2) is 23.3 Å². The second-order valence-corrected chi connectivity index (χ2v) is 4.96. The van der Waals surface area contributed by atoms with Crippen molar-refractivity contribution < 1.29 is 9.53 Å². The van der Waals surface area contributed by atoms with Crippen LogP contribution in [0.25, 0.3) is 10.9 Å². The molecule has 1 aromatic carbocycles. The van der Waals surface area contributed by atoms with Gasteiger partial charge < -0.3 is 10.5 Å². The van der Waals surface area contributed by atoms with Gasteiger partial charge >= 0.3 is 0 Å². The molecule has 102 valence electrons. The van der Waals surface area contributed by atoms with Gasteiger partial charge in [0.1, 0.15) is 16.8 Å². The van der Waals surface area contributed by atoms with E-state index in [4.69, 9.17) is 15.7 Å². The smallest absolute Gasteiger partial charge is 0.227 e. The Labute approximate surface area is 120 Å². The lowest BCUT2D eigenvalue weighted by molar-refractivity contribution is -0.115. The predicted octanol–water partition coefficient (Wildman–Crippen LogP) is 2.08. The minimum atomic E-state index is -0.438. The average molecular weight is 287 g/mol. The maximum atomic E-state index is 10.8. The fraction of sp³-hybridized carbons (Fsp3) is 0.214. The van der Waals surface area contributed by atoms with Gasteiger partial charge in [0.2, 0.25) is 5.91 Å². The van der Waals surface area contributed by atoms with Gasteiger partial charge in [-0.05, 0) is 31.2 Å². The summed E-state index contributed by atoms with van der Waals surface area (Å²) in [6.07, 6.45) is 0. The lowest BCUT2D eigenvalue weighted by atomic mass is 10.1. The van der Waals surface area contributed by atoms with E-state index in [0.29, 0.717) is 17.2 Å². The number of nitrogens with two attached hydrogens (primary N) is 1. The van der Waals surface area contributed by atoms with E-state index in [1.54, 1.807) is 6.07 Å². The van der Waals surface area contributed by atoms with Gasteiger partial charge in [-0.1, -0.05) is 11.8 Å². The highest BCUT2D eigenvalue weighted by Crippen LogP contribution is 2.26. The molecule has 0 aliphatic carbocycles. The fourth-order valence-electron chi connectivity index (χ4n) is 1.72. The number of benzene rings is 1. The average Bonchev–Trinajstić information content (AvgIpc) is 2.44. The molecule has 1 aromatic heterocycles. The number of hydrogen-bond donors (Lipinski definition) is 1. The van der Waals surface area contributed by atoms with Crippen LogP contribution in [0, 0.1) is 11.3 Å². The number of carbonyl (C=O) groups excluding carboxylic acids is 1. The number of amides is 1. The molecule has 0 bridgehead atoms. The number of ether oxygens (including phenoxy) is 1. The Morgan fingerprint density at radius 2 is 2.30 bits per heavy atom. The summed E-state index contributed by atoms with van der Waals surface area (Å²) in [4.78, 5) is 15.2. The maximum Gasteiger partial charge on any atom is 0.227 e. The first-order valence-corrected chi connectivity index (χ1v) is 7.01. The molecule has 0 unspecified atom stereocenters. The number of pyridine rings is 1. The Morgan fingerprint density at radius 3 is 2.95 bits per heavy atom. The SMILES string of the molecule is CCOc1ccc2nc(SCC(N)=O)c(C#N)cc2c1. The van der Waals surface area contributed by atoms with Crippen molar-refractivity contribution in [2.75, 3.05) is 12.4 Å². The number of aromatic nitrogens is 1. The third kappa shape index (κ3) is 3.19. The molecule has 1 amide bonds. The molecule has 0 atom stereocenters. The Kier molecular flexibility index (Phi) is 4.43. The molecule has 0 spiro atoms. The van der Waals surface area contributed by atoms with Crippen LogP contribution in [0.4, 0.5) is 0 Å². The maximum absolute atomic E-state index is 10.8. The molecule has 1 heterocycles. The summed E-state index contributed by atoms with van der Waals surface area (Å²) < 4.78 is 5.42. The third-order valence-electron chi connectivity index (χ3n) is 2.53. The molecule has 0 fully saturated rings. The normalized spacial score (nSPS) is 10.2. The summed E-state index contributed by atoms with van der Waals surface area (Å²) in [5, 5.41) is 10.5. The van der Waals surface area contributed by atoms with Crippen LogP contribution in [0.15, 0.2) is 29.3 Å². The van der Waals surface area contributed by atoms with E-state index in [-0.39, 0.29) is 5.75 Å². The minimum absolute atomic E-state index is 0.101. The van der Waals surface area contributed by atoms with Crippen molar-refractivity contribution in [2.24, 2.45) is 5.73 Å². The number of primary amides is 1. The van der Waals surface area contributed by atoms with Crippen molar-refractivity contribution in [3.8, 4) is 11.8 Å². The van der Waals surface area contributed by atoms with E-state index in [0.717, 1.165) is 16.7 Å². The zero-order valence-corrected chi connectivity index (χ0v) is 11.7. The highest BCUT2D eigenvalue weighted by molar-refractivity contribution is 8.00. The second-order valence-electron chi connectivity index (χ2n) is 4.00. The standard InChI is InChI=1S/C14H13N3O2S/c1-2-19-11-3-4-12-9(6-11)5-10(7-15)14(17-12)20-8-13(16)18/h3-6H,2,8H2,1H3,(H2,16,18). The Bertz CT molecular complexity index is 695. The zero-order valence-electron chi connectivity index (χ0n) is 10.9. The van der Waals surface area contributed by atoms with E-state index in [9.17, 15) is 4.79 Å². The molecule has 20 heavy (non-hydrogen) atoms. The predicted molar refractivity (Wildman–Crippen MR) is 77.5 cm³/mol. The van der Waals surface area contributed by atoms with E-state index < -0.39 is 5.91 Å². The van der Waals surface area contributed by atoms with Gasteiger partial charge in [-0.25, -0.2) is 4.98 Å². The van der Waals surface area contributed by atoms with Gasteiger partial charge in [0.25, 0.3) is 0 Å². The molecule has 0 aliphatic heterocycles. The first kappa shape index (κ1) is 14.2. The van der Waals surface area contributed by atoms with Crippen molar-refractivity contribution in [1.29, 1.82) is 5.26 Å². The minimum Gasteiger partial charge on any atom is -0.494 e. The molecule has 0 saturated heterocycles. The lowest BCUT2D eigenvalue weighted by Gasteiger charge is -2.07. The fourth-order valence-corrected chi connectivity index (χ4v) is 2.42. The molecule has 6 heteroatoms. The number of nitrogens with zero attached hydrogens (tertiary/aromatic N) is 2. The summed E-state index contributed by atoms with van der Waals surface area (Å²) in [7, 11) is 0. The van der Waals surface area contributed by atoms with Crippen LogP contribution in [0.3, 0.4) is 0 Å². The van der Waals surface area contributed by atoms with Crippen LogP contribution in [-0.2, 0) is 4.79 Å². The van der Waals surface area contributed by atoms with Crippen molar-refractivity contribution in [3.05, 3.63) is 29.8 Å². The molecule has 0 saturated carbocycles. The number of nitriles is 1. The molecule has 0 aliphatic rings. The van der Waals surface area contributed by atoms with Crippen molar-refractivity contribution in [2.45, 2.75) is 11.9 Å². The highest BCUT2D eigenvalue weighted by atomic mass is 32.2. The monoisotopic (exact) mass is 287 g/mol. The summed E-state index contributed by atoms with van der Waals surface area (Å²) in [5.41, 5.74) is 6.29. The van der Waals surface area contributed by atoms with E-state index in [1.165, 1.54) is 11.8 Å². The Balaban J connectivity index is 2.43. The van der Waals surface area contributed by atoms with Crippen molar-refractivity contribution in [1.82, 2.24) is 4.98 Å². The lowest BCUT2D eigenvalue weighted by Crippen LogP contribution is -2.13. The van der Waals surface area contributed by atoms with Crippen molar-refractivity contribution >= 4 is 28.6 Å². The van der Waals surface area contributed by atoms with Crippen LogP contribution in [0.1, 0.15) is 12.5 Å². The topological polar surface area (TPSA) is 89.0 Å². The van der Waals surface area contributed by atoms with E-state index in [2.05, 4.69) is 11.1 Å². The summed E-state index contributed by atoms with van der Waals surface area (Å²) in [5.74, 6) is 0.403. The van der Waals surface area contributed by atoms with Gasteiger partial charge in [-0.15, -0.1) is 0 Å². The summed E-state index contributed by atoms with van der Waals surface area (Å²) >= 11 is 1.17. The van der Waals surface area contributed by atoms with Crippen LogP contribution in [0.2, 0.25) is 0 Å². The van der Waals surface area contributed by atoms with Crippen LogP contribution in [0.5, 0.6) is 5.75 Å². The van der Waals surface area contributed by atoms with Crippen molar-refractivity contribution in [3.63, 3.8) is 0 Å². The largest absolute Gasteiger partial charge is 0.494 e. The van der Waals surface area contributed by atoms with Gasteiger partial charge in [0.15, 0.2) is 0 Å². The molecule has 2 N–H and O–H groups in total. The molecular formula is C14H13N3O2S. The Hall–Kier alpha value is -2.26. The van der Waals surface area contributed by atoms with Gasteiger partial charge in [-0.2, -0.15) is 5.26 Å². The van der Waals surface area contributed by atoms with Crippen LogP contribution >= 0.6 is 11.8 Å². The number of thioether (sulfide) groups is 1. The number of carbonyl (C=O) groups is 1. The first-order chi connectivity index (χ1) is 9.63.